The van der Waals surface area contributed by atoms with E-state index in [1.54, 1.807) is 0 Å². The normalized spacial score (nSPS) is 33.7. The molecule has 0 saturated heterocycles. The quantitative estimate of drug-likeness (QED) is 0.515. The molecule has 0 N–H and O–H groups in total. The van der Waals surface area contributed by atoms with E-state index in [2.05, 4.69) is 41.5 Å². The maximum absolute atomic E-state index is 2.51. The lowest BCUT2D eigenvalue weighted by Crippen LogP contribution is -2.30. The smallest absolute Gasteiger partial charge is 0.0303 e. The van der Waals surface area contributed by atoms with Crippen LogP contribution in [0.15, 0.2) is 0 Å². The van der Waals surface area contributed by atoms with Crippen molar-refractivity contribution >= 4 is 0 Å². The predicted octanol–water partition coefficient (Wildman–Crippen LogP) is 6.69. The molecule has 0 heteroatoms. The Balaban J connectivity index is 0.00000137. The van der Waals surface area contributed by atoms with Crippen LogP contribution in [0.1, 0.15) is 93.9 Å². The summed E-state index contributed by atoms with van der Waals surface area (Å²) in [6.07, 6.45) is 8.62. The Kier molecular flexibility index (Phi) is 7.56. The first-order valence-corrected chi connectivity index (χ1v) is 8.30. The van der Waals surface area contributed by atoms with Crippen LogP contribution in [0, 0.1) is 22.7 Å². The average Bonchev–Trinajstić information content (AvgIpc) is 2.29. The lowest BCUT2D eigenvalue weighted by atomic mass is 9.64. The first-order valence-electron chi connectivity index (χ1n) is 8.30. The Morgan fingerprint density at radius 1 is 0.611 bits per heavy atom. The molecule has 0 amide bonds. The molecule has 18 heavy (non-hydrogen) atoms. The summed E-state index contributed by atoms with van der Waals surface area (Å²) in [7, 11) is 0. The summed E-state index contributed by atoms with van der Waals surface area (Å²) in [5, 5.41) is 0. The Morgan fingerprint density at radius 3 is 1.00 bits per heavy atom. The number of hydrogen-bond donors (Lipinski definition) is 0. The van der Waals surface area contributed by atoms with Crippen LogP contribution in [0.3, 0.4) is 0 Å². The van der Waals surface area contributed by atoms with E-state index >= 15 is 0 Å². The second-order valence-corrected chi connectivity index (χ2v) is 7.32. The van der Waals surface area contributed by atoms with Crippen LogP contribution in [0.5, 0.6) is 0 Å². The Bertz CT molecular complexity index is 180. The van der Waals surface area contributed by atoms with Gasteiger partial charge in [-0.25, -0.2) is 0 Å². The van der Waals surface area contributed by atoms with E-state index in [9.17, 15) is 0 Å². The zero-order valence-electron chi connectivity index (χ0n) is 14.4. The third-order valence-electron chi connectivity index (χ3n) is 5.78. The Morgan fingerprint density at radius 2 is 0.833 bits per heavy atom. The minimum absolute atomic E-state index is 0.609. The number of rotatable bonds is 2. The van der Waals surface area contributed by atoms with Crippen molar-refractivity contribution in [2.24, 2.45) is 22.7 Å². The van der Waals surface area contributed by atoms with Crippen molar-refractivity contribution in [1.29, 1.82) is 0 Å². The topological polar surface area (TPSA) is 0 Å². The van der Waals surface area contributed by atoms with Crippen LogP contribution < -0.4 is 0 Å². The van der Waals surface area contributed by atoms with E-state index in [1.165, 1.54) is 38.5 Å². The number of hydrogen-bond acceptors (Lipinski definition) is 0. The van der Waals surface area contributed by atoms with E-state index in [0.29, 0.717) is 10.8 Å². The van der Waals surface area contributed by atoms with Gasteiger partial charge in [-0.15, -0.1) is 0 Å². The molecule has 0 unspecified atom stereocenters. The molecule has 0 aromatic carbocycles. The Hall–Kier alpha value is 0. The summed E-state index contributed by atoms with van der Waals surface area (Å²) < 4.78 is 0. The van der Waals surface area contributed by atoms with Crippen LogP contribution in [-0.4, -0.2) is 0 Å². The van der Waals surface area contributed by atoms with Crippen LogP contribution in [0.2, 0.25) is 0 Å². The van der Waals surface area contributed by atoms with Gasteiger partial charge in [-0.3, -0.25) is 0 Å². The molecule has 0 aromatic rings. The van der Waals surface area contributed by atoms with Crippen LogP contribution >= 0.6 is 0 Å². The zero-order valence-corrected chi connectivity index (χ0v) is 14.4. The maximum atomic E-state index is 2.51. The van der Waals surface area contributed by atoms with Crippen LogP contribution in [0.25, 0.3) is 0 Å². The first kappa shape index (κ1) is 18.0. The van der Waals surface area contributed by atoms with Gasteiger partial charge in [-0.05, 0) is 48.3 Å². The molecular formula is C18H38. The molecule has 0 spiro atoms. The molecule has 110 valence electrons. The van der Waals surface area contributed by atoms with E-state index in [4.69, 9.17) is 0 Å². The molecule has 0 heterocycles. The average molecular weight is 255 g/mol. The van der Waals surface area contributed by atoms with Gasteiger partial charge in [0.25, 0.3) is 0 Å². The van der Waals surface area contributed by atoms with Crippen molar-refractivity contribution in [2.45, 2.75) is 93.9 Å². The standard InChI is InChI=1S/C16H32.C2H6/c1-13(2)15(5)9-7-11-16(6,14(3)4)12-8-10-15;1-2/h13-14H,7-12H2,1-6H3;1-2H3. The zero-order chi connectivity index (χ0) is 14.4. The van der Waals surface area contributed by atoms with Gasteiger partial charge in [0, 0.05) is 0 Å². The minimum atomic E-state index is 0.609. The molecule has 1 rings (SSSR count). The molecule has 1 saturated carbocycles. The van der Waals surface area contributed by atoms with Crippen molar-refractivity contribution in [3.8, 4) is 0 Å². The fourth-order valence-corrected chi connectivity index (χ4v) is 3.20. The predicted molar refractivity (Wildman–Crippen MR) is 84.9 cm³/mol. The molecule has 1 aliphatic rings. The molecular weight excluding hydrogens is 216 g/mol. The summed E-state index contributed by atoms with van der Waals surface area (Å²) in [6, 6.07) is 0. The second kappa shape index (κ2) is 7.56. The van der Waals surface area contributed by atoms with Crippen molar-refractivity contribution in [1.82, 2.24) is 0 Å². The van der Waals surface area contributed by atoms with Gasteiger partial charge >= 0.3 is 0 Å². The molecule has 0 nitrogen and oxygen atoms in total. The van der Waals surface area contributed by atoms with Gasteiger partial charge in [0.15, 0.2) is 0 Å². The third-order valence-corrected chi connectivity index (χ3v) is 5.78. The summed E-state index contributed by atoms with van der Waals surface area (Å²) >= 11 is 0. The molecule has 0 bridgehead atoms. The van der Waals surface area contributed by atoms with Gasteiger partial charge < -0.3 is 0 Å². The maximum Gasteiger partial charge on any atom is -0.0303 e. The third kappa shape index (κ3) is 4.59. The van der Waals surface area contributed by atoms with E-state index < -0.39 is 0 Å². The molecule has 0 aromatic heterocycles. The fraction of sp³-hybridized carbons (Fsp3) is 1.00. The van der Waals surface area contributed by atoms with Gasteiger partial charge in [0.2, 0.25) is 0 Å². The second-order valence-electron chi connectivity index (χ2n) is 7.32. The van der Waals surface area contributed by atoms with Crippen molar-refractivity contribution < 1.29 is 0 Å². The summed E-state index contributed by atoms with van der Waals surface area (Å²) in [6.45, 7) is 18.6. The van der Waals surface area contributed by atoms with Crippen molar-refractivity contribution in [3.63, 3.8) is 0 Å². The minimum Gasteiger partial charge on any atom is -0.0683 e. The van der Waals surface area contributed by atoms with Gasteiger partial charge in [-0.2, -0.15) is 0 Å². The van der Waals surface area contributed by atoms with Gasteiger partial charge in [-0.1, -0.05) is 68.2 Å². The fourth-order valence-electron chi connectivity index (χ4n) is 3.20. The highest BCUT2D eigenvalue weighted by molar-refractivity contribution is 4.86. The highest BCUT2D eigenvalue weighted by atomic mass is 14.4. The van der Waals surface area contributed by atoms with E-state index in [1.807, 2.05) is 13.8 Å². The van der Waals surface area contributed by atoms with E-state index in [0.717, 1.165) is 11.8 Å². The molecule has 1 aliphatic carbocycles. The molecule has 1 fully saturated rings. The lowest BCUT2D eigenvalue weighted by Gasteiger charge is -2.42. The molecule has 0 aliphatic heterocycles. The Labute approximate surface area is 117 Å². The highest BCUT2D eigenvalue weighted by Gasteiger charge is 2.34. The van der Waals surface area contributed by atoms with Gasteiger partial charge in [0.05, 0.1) is 0 Å². The summed E-state index contributed by atoms with van der Waals surface area (Å²) in [5.41, 5.74) is 1.22. The molecule has 0 radical (unpaired) electrons. The van der Waals surface area contributed by atoms with Crippen molar-refractivity contribution in [2.75, 3.05) is 0 Å². The summed E-state index contributed by atoms with van der Waals surface area (Å²) in [4.78, 5) is 0. The highest BCUT2D eigenvalue weighted by Crippen LogP contribution is 2.46. The summed E-state index contributed by atoms with van der Waals surface area (Å²) in [5.74, 6) is 1.69. The van der Waals surface area contributed by atoms with Gasteiger partial charge in [0.1, 0.15) is 0 Å². The largest absolute Gasteiger partial charge is 0.0683 e. The van der Waals surface area contributed by atoms with Crippen molar-refractivity contribution in [3.05, 3.63) is 0 Å². The lowest BCUT2D eigenvalue weighted by molar-refractivity contribution is 0.0934. The monoisotopic (exact) mass is 254 g/mol. The SMILES string of the molecule is CC.CC(C)C1(C)CCCC(C)(C(C)C)CCC1. The van der Waals surface area contributed by atoms with Crippen LogP contribution in [0.4, 0.5) is 0 Å². The van der Waals surface area contributed by atoms with E-state index in [-0.39, 0.29) is 0 Å². The first-order chi connectivity index (χ1) is 8.30. The van der Waals surface area contributed by atoms with Crippen LogP contribution in [-0.2, 0) is 0 Å². The molecule has 0 atom stereocenters.